The predicted octanol–water partition coefficient (Wildman–Crippen LogP) is 3.11. The van der Waals surface area contributed by atoms with Crippen LogP contribution in [-0.2, 0) is 0 Å². The van der Waals surface area contributed by atoms with E-state index in [1.165, 1.54) is 0 Å². The molecule has 0 aliphatic heterocycles. The minimum Gasteiger partial charge on any atom is -0.307 e. The van der Waals surface area contributed by atoms with Gasteiger partial charge in [-0.15, -0.1) is 11.3 Å². The Morgan fingerprint density at radius 3 is 2.93 bits per heavy atom. The summed E-state index contributed by atoms with van der Waals surface area (Å²) in [6, 6.07) is 7.97. The number of halogens is 1. The van der Waals surface area contributed by atoms with E-state index in [1.54, 1.807) is 11.3 Å². The fraction of sp³-hybridized carbons (Fsp3) is 0.182. The molecule has 1 aromatic carbocycles. The van der Waals surface area contributed by atoms with Gasteiger partial charge < -0.3 is 5.32 Å². The lowest BCUT2D eigenvalue weighted by molar-refractivity contribution is 0.686. The van der Waals surface area contributed by atoms with Gasteiger partial charge in [0.2, 0.25) is 0 Å². The summed E-state index contributed by atoms with van der Waals surface area (Å²) >= 11 is 7.60. The van der Waals surface area contributed by atoms with E-state index in [-0.39, 0.29) is 6.04 Å². The van der Waals surface area contributed by atoms with Crippen LogP contribution in [0.2, 0.25) is 5.02 Å². The molecule has 1 unspecified atom stereocenters. The quantitative estimate of drug-likeness (QED) is 0.889. The highest BCUT2D eigenvalue weighted by atomic mass is 35.5. The SMILES string of the molecule is CNC(c1cccc(Cl)c1)c1nccs1. The van der Waals surface area contributed by atoms with Crippen LogP contribution in [0.5, 0.6) is 0 Å². The lowest BCUT2D eigenvalue weighted by atomic mass is 10.1. The smallest absolute Gasteiger partial charge is 0.114 e. The Hall–Kier alpha value is -0.900. The zero-order valence-electron chi connectivity index (χ0n) is 8.27. The van der Waals surface area contributed by atoms with E-state index < -0.39 is 0 Å². The highest BCUT2D eigenvalue weighted by Gasteiger charge is 2.14. The first-order valence-electron chi connectivity index (χ1n) is 4.63. The van der Waals surface area contributed by atoms with E-state index in [4.69, 9.17) is 11.6 Å². The lowest BCUT2D eigenvalue weighted by Gasteiger charge is -2.13. The molecule has 1 N–H and O–H groups in total. The van der Waals surface area contributed by atoms with Gasteiger partial charge in [0.15, 0.2) is 0 Å². The maximum absolute atomic E-state index is 5.96. The van der Waals surface area contributed by atoms with Crippen molar-refractivity contribution in [3.8, 4) is 0 Å². The molecule has 1 aromatic heterocycles. The van der Waals surface area contributed by atoms with E-state index in [1.807, 2.05) is 36.8 Å². The minimum atomic E-state index is 0.128. The summed E-state index contributed by atoms with van der Waals surface area (Å²) in [5.74, 6) is 0. The first-order valence-corrected chi connectivity index (χ1v) is 5.89. The molecule has 0 saturated carbocycles. The van der Waals surface area contributed by atoms with Gasteiger partial charge in [0, 0.05) is 16.6 Å². The van der Waals surface area contributed by atoms with Crippen LogP contribution < -0.4 is 5.32 Å². The van der Waals surface area contributed by atoms with E-state index in [9.17, 15) is 0 Å². The Labute approximate surface area is 97.9 Å². The maximum Gasteiger partial charge on any atom is 0.114 e. The molecule has 2 rings (SSSR count). The Bertz CT molecular complexity index is 428. The molecule has 0 bridgehead atoms. The molecule has 15 heavy (non-hydrogen) atoms. The molecule has 0 saturated heterocycles. The Kier molecular flexibility index (Phi) is 3.36. The highest BCUT2D eigenvalue weighted by Crippen LogP contribution is 2.25. The van der Waals surface area contributed by atoms with Gasteiger partial charge in [-0.25, -0.2) is 4.98 Å². The Morgan fingerprint density at radius 2 is 2.33 bits per heavy atom. The summed E-state index contributed by atoms with van der Waals surface area (Å²) < 4.78 is 0. The third-order valence-electron chi connectivity index (χ3n) is 2.17. The molecule has 0 aliphatic carbocycles. The Balaban J connectivity index is 2.35. The van der Waals surface area contributed by atoms with Gasteiger partial charge in [-0.3, -0.25) is 0 Å². The van der Waals surface area contributed by atoms with Gasteiger partial charge in [0.1, 0.15) is 5.01 Å². The minimum absolute atomic E-state index is 0.128. The second-order valence-corrected chi connectivity index (χ2v) is 4.51. The molecule has 0 aliphatic rings. The van der Waals surface area contributed by atoms with Gasteiger partial charge in [-0.1, -0.05) is 23.7 Å². The average molecular weight is 239 g/mol. The molecule has 2 aromatic rings. The summed E-state index contributed by atoms with van der Waals surface area (Å²) in [4.78, 5) is 4.31. The highest BCUT2D eigenvalue weighted by molar-refractivity contribution is 7.09. The van der Waals surface area contributed by atoms with Crippen molar-refractivity contribution in [2.75, 3.05) is 7.05 Å². The summed E-state index contributed by atoms with van der Waals surface area (Å²) in [6.07, 6.45) is 1.81. The van der Waals surface area contributed by atoms with Crippen molar-refractivity contribution in [1.29, 1.82) is 0 Å². The largest absolute Gasteiger partial charge is 0.307 e. The molecular formula is C11H11ClN2S. The average Bonchev–Trinajstić information content (AvgIpc) is 2.72. The van der Waals surface area contributed by atoms with Gasteiger partial charge in [0.25, 0.3) is 0 Å². The van der Waals surface area contributed by atoms with Gasteiger partial charge in [-0.05, 0) is 24.7 Å². The molecule has 1 heterocycles. The third-order valence-corrected chi connectivity index (χ3v) is 3.24. The number of nitrogens with zero attached hydrogens (tertiary/aromatic N) is 1. The molecule has 78 valence electrons. The summed E-state index contributed by atoms with van der Waals surface area (Å²) in [5, 5.41) is 7.02. The lowest BCUT2D eigenvalue weighted by Crippen LogP contribution is -2.17. The van der Waals surface area contributed by atoms with Crippen LogP contribution in [0.3, 0.4) is 0 Å². The van der Waals surface area contributed by atoms with Crippen LogP contribution in [-0.4, -0.2) is 12.0 Å². The molecule has 2 nitrogen and oxygen atoms in total. The number of thiazole rings is 1. The topological polar surface area (TPSA) is 24.9 Å². The monoisotopic (exact) mass is 238 g/mol. The molecular weight excluding hydrogens is 228 g/mol. The first kappa shape index (κ1) is 10.6. The fourth-order valence-corrected chi connectivity index (χ4v) is 2.47. The van der Waals surface area contributed by atoms with Crippen LogP contribution >= 0.6 is 22.9 Å². The summed E-state index contributed by atoms with van der Waals surface area (Å²) in [5.41, 5.74) is 1.14. The number of nitrogens with one attached hydrogen (secondary N) is 1. The van der Waals surface area contributed by atoms with Crippen molar-refractivity contribution in [2.45, 2.75) is 6.04 Å². The van der Waals surface area contributed by atoms with Crippen molar-refractivity contribution in [2.24, 2.45) is 0 Å². The molecule has 0 radical (unpaired) electrons. The molecule has 1 atom stereocenters. The summed E-state index contributed by atoms with van der Waals surface area (Å²) in [6.45, 7) is 0. The molecule has 4 heteroatoms. The van der Waals surface area contributed by atoms with E-state index >= 15 is 0 Å². The van der Waals surface area contributed by atoms with Gasteiger partial charge in [-0.2, -0.15) is 0 Å². The van der Waals surface area contributed by atoms with Crippen LogP contribution in [0.15, 0.2) is 35.8 Å². The molecule has 0 amide bonds. The van der Waals surface area contributed by atoms with Crippen LogP contribution in [0.1, 0.15) is 16.6 Å². The van der Waals surface area contributed by atoms with Crippen LogP contribution in [0.4, 0.5) is 0 Å². The second-order valence-electron chi connectivity index (χ2n) is 3.15. The number of rotatable bonds is 3. The fourth-order valence-electron chi connectivity index (χ4n) is 1.50. The van der Waals surface area contributed by atoms with E-state index in [0.717, 1.165) is 15.6 Å². The van der Waals surface area contributed by atoms with Crippen LogP contribution in [0.25, 0.3) is 0 Å². The number of hydrogen-bond acceptors (Lipinski definition) is 3. The second kappa shape index (κ2) is 4.75. The van der Waals surface area contributed by atoms with Crippen molar-refractivity contribution in [1.82, 2.24) is 10.3 Å². The Morgan fingerprint density at radius 1 is 1.47 bits per heavy atom. The van der Waals surface area contributed by atoms with Gasteiger partial charge in [0.05, 0.1) is 6.04 Å². The zero-order chi connectivity index (χ0) is 10.7. The predicted molar refractivity (Wildman–Crippen MR) is 64.5 cm³/mol. The van der Waals surface area contributed by atoms with E-state index in [0.29, 0.717) is 0 Å². The van der Waals surface area contributed by atoms with Crippen LogP contribution in [0, 0.1) is 0 Å². The number of benzene rings is 1. The first-order chi connectivity index (χ1) is 7.31. The van der Waals surface area contributed by atoms with Gasteiger partial charge >= 0.3 is 0 Å². The van der Waals surface area contributed by atoms with Crippen molar-refractivity contribution >= 4 is 22.9 Å². The molecule has 0 spiro atoms. The van der Waals surface area contributed by atoms with E-state index in [2.05, 4.69) is 16.4 Å². The third kappa shape index (κ3) is 2.37. The number of aromatic nitrogens is 1. The standard InChI is InChI=1S/C11H11ClN2S/c1-13-10(11-14-5-6-15-11)8-3-2-4-9(12)7-8/h2-7,10,13H,1H3. The maximum atomic E-state index is 5.96. The number of hydrogen-bond donors (Lipinski definition) is 1. The normalized spacial score (nSPS) is 12.7. The molecule has 0 fully saturated rings. The van der Waals surface area contributed by atoms with Crippen molar-refractivity contribution in [3.63, 3.8) is 0 Å². The summed E-state index contributed by atoms with van der Waals surface area (Å²) in [7, 11) is 1.92. The zero-order valence-corrected chi connectivity index (χ0v) is 9.85. The van der Waals surface area contributed by atoms with Crippen molar-refractivity contribution < 1.29 is 0 Å². The van der Waals surface area contributed by atoms with Crippen molar-refractivity contribution in [3.05, 3.63) is 51.4 Å².